The zero-order chi connectivity index (χ0) is 12.6. The van der Waals surface area contributed by atoms with Crippen LogP contribution in [-0.2, 0) is 10.8 Å². The van der Waals surface area contributed by atoms with E-state index in [0.29, 0.717) is 22.9 Å². The van der Waals surface area contributed by atoms with Crippen LogP contribution in [0.1, 0.15) is 18.5 Å². The van der Waals surface area contributed by atoms with Crippen molar-refractivity contribution < 1.29 is 8.60 Å². The molecule has 1 aromatic carbocycles. The number of hydrogen-bond donors (Lipinski definition) is 1. The van der Waals surface area contributed by atoms with Gasteiger partial charge in [-0.15, -0.1) is 0 Å². The Bertz CT molecular complexity index is 469. The first kappa shape index (κ1) is 13.3. The van der Waals surface area contributed by atoms with E-state index in [4.69, 9.17) is 23.2 Å². The van der Waals surface area contributed by atoms with Gasteiger partial charge >= 0.3 is 0 Å². The third kappa shape index (κ3) is 2.81. The molecule has 1 fully saturated rings. The SMILES string of the molecule is CC1CNC(c2cc(F)c(Cl)cc2Cl)CS1=O. The Morgan fingerprint density at radius 1 is 1.41 bits per heavy atom. The van der Waals surface area contributed by atoms with E-state index < -0.39 is 16.6 Å². The molecular formula is C11H12Cl2FNOS. The Labute approximate surface area is 112 Å². The maximum atomic E-state index is 13.4. The van der Waals surface area contributed by atoms with E-state index in [1.165, 1.54) is 12.1 Å². The summed E-state index contributed by atoms with van der Waals surface area (Å²) in [7, 11) is -0.912. The second-order valence-electron chi connectivity index (χ2n) is 4.11. The summed E-state index contributed by atoms with van der Waals surface area (Å²) in [5, 5.41) is 3.74. The summed E-state index contributed by atoms with van der Waals surface area (Å²) in [6.07, 6.45) is 0. The van der Waals surface area contributed by atoms with Crippen molar-refractivity contribution in [2.75, 3.05) is 12.3 Å². The monoisotopic (exact) mass is 295 g/mol. The molecule has 0 bridgehead atoms. The van der Waals surface area contributed by atoms with Crippen LogP contribution >= 0.6 is 23.2 Å². The molecule has 1 aromatic rings. The third-order valence-electron chi connectivity index (χ3n) is 2.85. The Balaban J connectivity index is 2.29. The molecule has 0 aromatic heterocycles. The van der Waals surface area contributed by atoms with Gasteiger partial charge in [-0.25, -0.2) is 4.39 Å². The van der Waals surface area contributed by atoms with Crippen molar-refractivity contribution in [1.29, 1.82) is 0 Å². The van der Waals surface area contributed by atoms with Gasteiger partial charge in [0, 0.05) is 39.4 Å². The number of halogens is 3. The van der Waals surface area contributed by atoms with Gasteiger partial charge in [-0.2, -0.15) is 0 Å². The first-order valence-corrected chi connectivity index (χ1v) is 7.38. The minimum Gasteiger partial charge on any atom is -0.308 e. The molecule has 17 heavy (non-hydrogen) atoms. The van der Waals surface area contributed by atoms with Gasteiger partial charge in [0.1, 0.15) is 5.82 Å². The average molecular weight is 296 g/mol. The minimum absolute atomic E-state index is 0.00375. The van der Waals surface area contributed by atoms with Crippen molar-refractivity contribution in [2.24, 2.45) is 0 Å². The Morgan fingerprint density at radius 3 is 2.76 bits per heavy atom. The van der Waals surface area contributed by atoms with Crippen molar-refractivity contribution in [3.63, 3.8) is 0 Å². The van der Waals surface area contributed by atoms with Crippen LogP contribution in [-0.4, -0.2) is 21.8 Å². The molecule has 3 unspecified atom stereocenters. The van der Waals surface area contributed by atoms with E-state index in [-0.39, 0.29) is 16.3 Å². The van der Waals surface area contributed by atoms with Gasteiger partial charge in [-0.1, -0.05) is 23.2 Å². The van der Waals surface area contributed by atoms with Gasteiger partial charge in [0.25, 0.3) is 0 Å². The smallest absolute Gasteiger partial charge is 0.142 e. The Kier molecular flexibility index (Phi) is 4.08. The minimum atomic E-state index is -0.912. The highest BCUT2D eigenvalue weighted by molar-refractivity contribution is 7.85. The quantitative estimate of drug-likeness (QED) is 0.807. The maximum absolute atomic E-state index is 13.4. The normalized spacial score (nSPS) is 29.3. The lowest BCUT2D eigenvalue weighted by Crippen LogP contribution is -2.41. The highest BCUT2D eigenvalue weighted by Gasteiger charge is 2.26. The van der Waals surface area contributed by atoms with Crippen molar-refractivity contribution in [2.45, 2.75) is 18.2 Å². The molecule has 0 saturated carbocycles. The topological polar surface area (TPSA) is 29.1 Å². The Hall–Kier alpha value is -0.160. The van der Waals surface area contributed by atoms with Crippen LogP contribution in [0.3, 0.4) is 0 Å². The molecule has 1 heterocycles. The molecular weight excluding hydrogens is 284 g/mol. The highest BCUT2D eigenvalue weighted by Crippen LogP contribution is 2.30. The van der Waals surface area contributed by atoms with E-state index in [9.17, 15) is 8.60 Å². The number of nitrogens with one attached hydrogen (secondary N) is 1. The first-order chi connectivity index (χ1) is 7.99. The average Bonchev–Trinajstić information content (AvgIpc) is 2.27. The predicted octanol–water partition coefficient (Wildman–Crippen LogP) is 2.91. The van der Waals surface area contributed by atoms with E-state index in [2.05, 4.69) is 5.32 Å². The van der Waals surface area contributed by atoms with Gasteiger partial charge in [-0.05, 0) is 24.6 Å². The summed E-state index contributed by atoms with van der Waals surface area (Å²) < 4.78 is 25.1. The van der Waals surface area contributed by atoms with Crippen LogP contribution in [0.25, 0.3) is 0 Å². The van der Waals surface area contributed by atoms with Crippen LogP contribution in [0.5, 0.6) is 0 Å². The summed E-state index contributed by atoms with van der Waals surface area (Å²) >= 11 is 11.7. The summed E-state index contributed by atoms with van der Waals surface area (Å²) in [5.41, 5.74) is 0.619. The molecule has 1 aliphatic rings. The van der Waals surface area contributed by atoms with E-state index in [1.807, 2.05) is 6.92 Å². The fraction of sp³-hybridized carbons (Fsp3) is 0.455. The number of hydrogen-bond acceptors (Lipinski definition) is 2. The summed E-state index contributed by atoms with van der Waals surface area (Å²) in [4.78, 5) is 0. The van der Waals surface area contributed by atoms with Crippen molar-refractivity contribution >= 4 is 34.0 Å². The molecule has 1 saturated heterocycles. The fourth-order valence-corrected chi connectivity index (χ4v) is 3.54. The largest absolute Gasteiger partial charge is 0.308 e. The standard InChI is InChI=1S/C11H12Cl2FNOS/c1-6-4-15-11(5-17(6)16)7-2-10(14)9(13)3-8(7)12/h2-3,6,11,15H,4-5H2,1H3. The number of benzene rings is 1. The molecule has 2 nitrogen and oxygen atoms in total. The Morgan fingerprint density at radius 2 is 2.12 bits per heavy atom. The second kappa shape index (κ2) is 5.22. The van der Waals surface area contributed by atoms with Gasteiger partial charge in [-0.3, -0.25) is 4.21 Å². The molecule has 94 valence electrons. The van der Waals surface area contributed by atoms with Crippen LogP contribution in [0.2, 0.25) is 10.0 Å². The zero-order valence-corrected chi connectivity index (χ0v) is 11.5. The lowest BCUT2D eigenvalue weighted by Gasteiger charge is -2.28. The molecule has 0 aliphatic carbocycles. The fourth-order valence-electron chi connectivity index (χ4n) is 1.79. The lowest BCUT2D eigenvalue weighted by molar-refractivity contribution is 0.536. The summed E-state index contributed by atoms with van der Waals surface area (Å²) in [6, 6.07) is 2.53. The van der Waals surface area contributed by atoms with Crippen LogP contribution in [0.15, 0.2) is 12.1 Å². The van der Waals surface area contributed by atoms with E-state index in [0.717, 1.165) is 0 Å². The molecule has 6 heteroatoms. The molecule has 1 aliphatic heterocycles. The molecule has 0 spiro atoms. The number of rotatable bonds is 1. The maximum Gasteiger partial charge on any atom is 0.142 e. The van der Waals surface area contributed by atoms with Gasteiger partial charge in [0.2, 0.25) is 0 Å². The van der Waals surface area contributed by atoms with Crippen LogP contribution in [0, 0.1) is 5.82 Å². The van der Waals surface area contributed by atoms with Crippen LogP contribution < -0.4 is 5.32 Å². The third-order valence-corrected chi connectivity index (χ3v) is 5.19. The summed E-state index contributed by atoms with van der Waals surface area (Å²) in [6.45, 7) is 2.56. The van der Waals surface area contributed by atoms with E-state index in [1.54, 1.807) is 0 Å². The molecule has 3 atom stereocenters. The van der Waals surface area contributed by atoms with Gasteiger partial charge < -0.3 is 5.32 Å². The van der Waals surface area contributed by atoms with Crippen molar-refractivity contribution in [3.8, 4) is 0 Å². The highest BCUT2D eigenvalue weighted by atomic mass is 35.5. The molecule has 1 N–H and O–H groups in total. The van der Waals surface area contributed by atoms with Crippen molar-refractivity contribution in [3.05, 3.63) is 33.6 Å². The molecule has 0 radical (unpaired) electrons. The second-order valence-corrected chi connectivity index (χ2v) is 6.82. The summed E-state index contributed by atoms with van der Waals surface area (Å²) in [5.74, 6) is -0.0561. The molecule has 0 amide bonds. The van der Waals surface area contributed by atoms with Crippen molar-refractivity contribution in [1.82, 2.24) is 5.32 Å². The predicted molar refractivity (Wildman–Crippen MR) is 69.6 cm³/mol. The van der Waals surface area contributed by atoms with Crippen LogP contribution in [0.4, 0.5) is 4.39 Å². The van der Waals surface area contributed by atoms with Gasteiger partial charge in [0.05, 0.1) is 5.02 Å². The lowest BCUT2D eigenvalue weighted by atomic mass is 10.1. The first-order valence-electron chi connectivity index (χ1n) is 5.24. The molecule has 2 rings (SSSR count). The van der Waals surface area contributed by atoms with Gasteiger partial charge in [0.15, 0.2) is 0 Å². The zero-order valence-electron chi connectivity index (χ0n) is 9.17. The van der Waals surface area contributed by atoms with E-state index >= 15 is 0 Å².